The molecule has 0 bridgehead atoms. The van der Waals surface area contributed by atoms with Crippen molar-refractivity contribution in [3.05, 3.63) is 29.0 Å². The molecule has 2 heterocycles. The first-order valence-electron chi connectivity index (χ1n) is 5.74. The maximum Gasteiger partial charge on any atom is 0.133 e. The van der Waals surface area contributed by atoms with Crippen molar-refractivity contribution in [2.75, 3.05) is 13.1 Å². The summed E-state index contributed by atoms with van der Waals surface area (Å²) in [5.74, 6) is 0.621. The Kier molecular flexibility index (Phi) is 3.79. The van der Waals surface area contributed by atoms with Crippen LogP contribution in [0.4, 0.5) is 0 Å². The van der Waals surface area contributed by atoms with Crippen molar-refractivity contribution in [3.8, 4) is 0 Å². The predicted molar refractivity (Wildman–Crippen MR) is 66.3 cm³/mol. The molecule has 0 aliphatic carbocycles. The van der Waals surface area contributed by atoms with Gasteiger partial charge in [-0.1, -0.05) is 17.7 Å². The fraction of sp³-hybridized carbons (Fsp3) is 0.583. The lowest BCUT2D eigenvalue weighted by Gasteiger charge is -2.18. The second kappa shape index (κ2) is 5.13. The average molecular weight is 240 g/mol. The molecule has 2 unspecified atom stereocenters. The second-order valence-electron chi connectivity index (χ2n) is 4.60. The van der Waals surface area contributed by atoms with Crippen molar-refractivity contribution >= 4 is 11.6 Å². The largest absolute Gasteiger partial charge is 0.328 e. The highest BCUT2D eigenvalue weighted by molar-refractivity contribution is 6.30. The van der Waals surface area contributed by atoms with Crippen LogP contribution in [0.2, 0.25) is 5.15 Å². The van der Waals surface area contributed by atoms with Gasteiger partial charge in [0.15, 0.2) is 0 Å². The predicted octanol–water partition coefficient (Wildman–Crippen LogP) is 1.90. The van der Waals surface area contributed by atoms with Gasteiger partial charge in [-0.05, 0) is 31.9 Å². The topological polar surface area (TPSA) is 42.1 Å². The third kappa shape index (κ3) is 2.73. The summed E-state index contributed by atoms with van der Waals surface area (Å²) in [6.45, 7) is 5.15. The number of hydrogen-bond acceptors (Lipinski definition) is 3. The van der Waals surface area contributed by atoms with E-state index in [0.29, 0.717) is 11.1 Å². The average Bonchev–Trinajstić information content (AvgIpc) is 2.70. The van der Waals surface area contributed by atoms with Crippen molar-refractivity contribution in [1.29, 1.82) is 0 Å². The lowest BCUT2D eigenvalue weighted by molar-refractivity contribution is 0.308. The lowest BCUT2D eigenvalue weighted by atomic mass is 10.0. The van der Waals surface area contributed by atoms with Crippen molar-refractivity contribution in [2.24, 2.45) is 11.7 Å². The standard InChI is InChI=1S/C12H18ClN3/c1-9(14)10-4-6-16(7-10)8-11-3-2-5-15-12(11)13/h2-3,5,9-10H,4,6-8,14H2,1H3. The number of rotatable bonds is 3. The molecule has 0 saturated carbocycles. The minimum Gasteiger partial charge on any atom is -0.328 e. The summed E-state index contributed by atoms with van der Waals surface area (Å²) in [5.41, 5.74) is 7.02. The summed E-state index contributed by atoms with van der Waals surface area (Å²) in [7, 11) is 0. The van der Waals surface area contributed by atoms with Gasteiger partial charge in [0.05, 0.1) is 0 Å². The Labute approximate surface area is 102 Å². The smallest absolute Gasteiger partial charge is 0.133 e. The quantitative estimate of drug-likeness (QED) is 0.820. The maximum atomic E-state index is 6.04. The molecule has 1 fully saturated rings. The molecule has 2 atom stereocenters. The number of pyridine rings is 1. The summed E-state index contributed by atoms with van der Waals surface area (Å²) < 4.78 is 0. The van der Waals surface area contributed by atoms with E-state index in [1.807, 2.05) is 12.1 Å². The number of hydrogen-bond donors (Lipinski definition) is 1. The number of nitrogens with two attached hydrogens (primary N) is 1. The van der Waals surface area contributed by atoms with Crippen LogP contribution < -0.4 is 5.73 Å². The summed E-state index contributed by atoms with van der Waals surface area (Å²) in [6, 6.07) is 4.25. The van der Waals surface area contributed by atoms with Gasteiger partial charge < -0.3 is 5.73 Å². The molecule has 0 aromatic carbocycles. The number of aromatic nitrogens is 1. The molecule has 3 nitrogen and oxygen atoms in total. The molecule has 88 valence electrons. The molecule has 1 aliphatic heterocycles. The van der Waals surface area contributed by atoms with Gasteiger partial charge in [0, 0.05) is 30.9 Å². The van der Waals surface area contributed by atoms with Crippen LogP contribution >= 0.6 is 11.6 Å². The van der Waals surface area contributed by atoms with E-state index in [1.165, 1.54) is 6.42 Å². The van der Waals surface area contributed by atoms with Crippen LogP contribution in [-0.2, 0) is 6.54 Å². The first-order chi connectivity index (χ1) is 7.66. The fourth-order valence-electron chi connectivity index (χ4n) is 2.21. The third-order valence-electron chi connectivity index (χ3n) is 3.28. The molecule has 4 heteroatoms. The van der Waals surface area contributed by atoms with E-state index < -0.39 is 0 Å². The Balaban J connectivity index is 1.95. The van der Waals surface area contributed by atoms with Crippen LogP contribution in [0.25, 0.3) is 0 Å². The van der Waals surface area contributed by atoms with E-state index in [4.69, 9.17) is 17.3 Å². The molecule has 2 N–H and O–H groups in total. The van der Waals surface area contributed by atoms with E-state index in [2.05, 4.69) is 16.8 Å². The zero-order chi connectivity index (χ0) is 11.5. The minimum atomic E-state index is 0.286. The Morgan fingerprint density at radius 3 is 3.12 bits per heavy atom. The summed E-state index contributed by atoms with van der Waals surface area (Å²) in [5, 5.41) is 0.617. The Hall–Kier alpha value is -0.640. The lowest BCUT2D eigenvalue weighted by Crippen LogP contribution is -2.29. The van der Waals surface area contributed by atoms with Gasteiger partial charge in [-0.3, -0.25) is 4.90 Å². The zero-order valence-electron chi connectivity index (χ0n) is 9.56. The van der Waals surface area contributed by atoms with Crippen molar-refractivity contribution in [1.82, 2.24) is 9.88 Å². The van der Waals surface area contributed by atoms with Crippen LogP contribution in [0.1, 0.15) is 18.9 Å². The summed E-state index contributed by atoms with van der Waals surface area (Å²) in [4.78, 5) is 6.49. The summed E-state index contributed by atoms with van der Waals surface area (Å²) in [6.07, 6.45) is 2.91. The first kappa shape index (κ1) is 11.8. The molecule has 0 spiro atoms. The van der Waals surface area contributed by atoms with Gasteiger partial charge in [-0.25, -0.2) is 4.98 Å². The van der Waals surface area contributed by atoms with Gasteiger partial charge in [-0.15, -0.1) is 0 Å². The van der Waals surface area contributed by atoms with Crippen LogP contribution in [0, 0.1) is 5.92 Å². The maximum absolute atomic E-state index is 6.04. The highest BCUT2D eigenvalue weighted by atomic mass is 35.5. The van der Waals surface area contributed by atoms with Crippen LogP contribution in [0.3, 0.4) is 0 Å². The van der Waals surface area contributed by atoms with E-state index >= 15 is 0 Å². The highest BCUT2D eigenvalue weighted by Crippen LogP contribution is 2.22. The SMILES string of the molecule is CC(N)C1CCN(Cc2cccnc2Cl)C1. The van der Waals surface area contributed by atoms with E-state index in [9.17, 15) is 0 Å². The molecule has 1 aliphatic rings. The molecule has 1 aromatic heterocycles. The van der Waals surface area contributed by atoms with E-state index in [-0.39, 0.29) is 6.04 Å². The normalized spacial score (nSPS) is 23.6. The van der Waals surface area contributed by atoms with Gasteiger partial charge >= 0.3 is 0 Å². The number of nitrogens with zero attached hydrogens (tertiary/aromatic N) is 2. The summed E-state index contributed by atoms with van der Waals surface area (Å²) >= 11 is 6.04. The monoisotopic (exact) mass is 239 g/mol. The highest BCUT2D eigenvalue weighted by Gasteiger charge is 2.25. The van der Waals surface area contributed by atoms with Crippen molar-refractivity contribution in [2.45, 2.75) is 25.9 Å². The van der Waals surface area contributed by atoms with Gasteiger partial charge in [-0.2, -0.15) is 0 Å². The van der Waals surface area contributed by atoms with E-state index in [1.54, 1.807) is 6.20 Å². The molecular weight excluding hydrogens is 222 g/mol. The minimum absolute atomic E-state index is 0.286. The molecule has 0 amide bonds. The van der Waals surface area contributed by atoms with Crippen molar-refractivity contribution < 1.29 is 0 Å². The molecule has 1 saturated heterocycles. The molecule has 2 rings (SSSR count). The molecule has 0 radical (unpaired) electrons. The van der Waals surface area contributed by atoms with Crippen LogP contribution in [0.15, 0.2) is 18.3 Å². The van der Waals surface area contributed by atoms with Gasteiger partial charge in [0.1, 0.15) is 5.15 Å². The fourth-order valence-corrected chi connectivity index (χ4v) is 2.39. The van der Waals surface area contributed by atoms with E-state index in [0.717, 1.165) is 25.2 Å². The molecule has 1 aromatic rings. The van der Waals surface area contributed by atoms with Gasteiger partial charge in [0.2, 0.25) is 0 Å². The Bertz CT molecular complexity index is 354. The zero-order valence-corrected chi connectivity index (χ0v) is 10.3. The van der Waals surface area contributed by atoms with Gasteiger partial charge in [0.25, 0.3) is 0 Å². The van der Waals surface area contributed by atoms with Crippen LogP contribution in [-0.4, -0.2) is 29.0 Å². The third-order valence-corrected chi connectivity index (χ3v) is 3.62. The molecular formula is C12H18ClN3. The molecule has 16 heavy (non-hydrogen) atoms. The van der Waals surface area contributed by atoms with Crippen LogP contribution in [0.5, 0.6) is 0 Å². The Morgan fingerprint density at radius 2 is 2.50 bits per heavy atom. The Morgan fingerprint density at radius 1 is 1.69 bits per heavy atom. The number of likely N-dealkylation sites (tertiary alicyclic amines) is 1. The second-order valence-corrected chi connectivity index (χ2v) is 4.95. The first-order valence-corrected chi connectivity index (χ1v) is 6.12. The number of halogens is 1. The van der Waals surface area contributed by atoms with Crippen molar-refractivity contribution in [3.63, 3.8) is 0 Å².